The van der Waals surface area contributed by atoms with Crippen LogP contribution in [-0.2, 0) is 12.8 Å². The van der Waals surface area contributed by atoms with Gasteiger partial charge in [0.15, 0.2) is 0 Å². The standard InChI is InChI=1S/C30H56N3/c1-4-6-8-10-12-14-16-18-20-22-24-26-29-31-28(3)32-30(33-29)27-25-23-21-19-17-15-13-11-9-7-5-2/h3-27H2,1-2H3. The molecular weight excluding hydrogens is 402 g/mol. The van der Waals surface area contributed by atoms with Crippen LogP contribution in [-0.4, -0.2) is 15.0 Å². The van der Waals surface area contributed by atoms with Gasteiger partial charge in [-0.1, -0.05) is 142 Å². The minimum atomic E-state index is 0.654. The molecule has 3 heteroatoms. The summed E-state index contributed by atoms with van der Waals surface area (Å²) in [6.45, 7) is 8.56. The Hall–Kier alpha value is -0.990. The average molecular weight is 459 g/mol. The summed E-state index contributed by atoms with van der Waals surface area (Å²) in [5, 5.41) is 0. The van der Waals surface area contributed by atoms with Gasteiger partial charge in [-0.15, -0.1) is 0 Å². The van der Waals surface area contributed by atoms with Gasteiger partial charge in [0, 0.05) is 19.8 Å². The largest absolute Gasteiger partial charge is 0.218 e. The van der Waals surface area contributed by atoms with E-state index >= 15 is 0 Å². The second-order valence-electron chi connectivity index (χ2n) is 10.2. The van der Waals surface area contributed by atoms with Crippen LogP contribution in [0.3, 0.4) is 0 Å². The van der Waals surface area contributed by atoms with Gasteiger partial charge in [-0.05, 0) is 12.8 Å². The van der Waals surface area contributed by atoms with Crippen molar-refractivity contribution in [1.82, 2.24) is 15.0 Å². The van der Waals surface area contributed by atoms with Crippen molar-refractivity contribution in [2.45, 2.75) is 168 Å². The third kappa shape index (κ3) is 19.1. The Morgan fingerprint density at radius 2 is 0.667 bits per heavy atom. The number of hydrogen-bond acceptors (Lipinski definition) is 3. The van der Waals surface area contributed by atoms with Crippen LogP contribution in [0.25, 0.3) is 0 Å². The summed E-state index contributed by atoms with van der Waals surface area (Å²) in [7, 11) is 0. The van der Waals surface area contributed by atoms with E-state index < -0.39 is 0 Å². The number of aryl methyl sites for hydroxylation is 2. The van der Waals surface area contributed by atoms with Crippen LogP contribution in [0.5, 0.6) is 0 Å². The first-order chi connectivity index (χ1) is 16.3. The molecule has 0 saturated heterocycles. The maximum atomic E-state index is 4.74. The van der Waals surface area contributed by atoms with Crippen molar-refractivity contribution >= 4 is 0 Å². The molecule has 0 amide bonds. The molecule has 0 saturated carbocycles. The van der Waals surface area contributed by atoms with Gasteiger partial charge in [0.05, 0.1) is 0 Å². The Balaban J connectivity index is 2.02. The van der Waals surface area contributed by atoms with Gasteiger partial charge in [0.25, 0.3) is 0 Å². The van der Waals surface area contributed by atoms with Gasteiger partial charge >= 0.3 is 0 Å². The first-order valence-corrected chi connectivity index (χ1v) is 14.8. The van der Waals surface area contributed by atoms with Crippen molar-refractivity contribution in [2.75, 3.05) is 0 Å². The first kappa shape index (κ1) is 30.0. The third-order valence-corrected chi connectivity index (χ3v) is 6.78. The van der Waals surface area contributed by atoms with Gasteiger partial charge in [-0.2, -0.15) is 0 Å². The minimum Gasteiger partial charge on any atom is -0.218 e. The lowest BCUT2D eigenvalue weighted by Crippen LogP contribution is -2.06. The highest BCUT2D eigenvalue weighted by Gasteiger charge is 2.05. The van der Waals surface area contributed by atoms with Crippen LogP contribution >= 0.6 is 0 Å². The van der Waals surface area contributed by atoms with Crippen LogP contribution in [0.2, 0.25) is 0 Å². The topological polar surface area (TPSA) is 38.7 Å². The SMILES string of the molecule is [CH2]c1nc(CCCCCCCCCCCCC)nc(CCCCCCCCCCCCC)n1. The summed E-state index contributed by atoms with van der Waals surface area (Å²) in [4.78, 5) is 13.7. The van der Waals surface area contributed by atoms with Gasteiger partial charge in [0.1, 0.15) is 17.5 Å². The normalized spacial score (nSPS) is 11.4. The molecule has 1 heterocycles. The number of hydrogen-bond donors (Lipinski definition) is 0. The van der Waals surface area contributed by atoms with Crippen LogP contribution < -0.4 is 0 Å². The van der Waals surface area contributed by atoms with Crippen molar-refractivity contribution in [3.63, 3.8) is 0 Å². The highest BCUT2D eigenvalue weighted by molar-refractivity contribution is 5.00. The molecule has 0 aliphatic carbocycles. The Bertz CT molecular complexity index is 499. The molecule has 1 radical (unpaired) electrons. The van der Waals surface area contributed by atoms with E-state index in [0.29, 0.717) is 5.82 Å². The van der Waals surface area contributed by atoms with Crippen LogP contribution in [0.15, 0.2) is 0 Å². The summed E-state index contributed by atoms with van der Waals surface area (Å²) in [6, 6.07) is 0. The molecule has 0 spiro atoms. The first-order valence-electron chi connectivity index (χ1n) is 14.8. The highest BCUT2D eigenvalue weighted by atomic mass is 15.0. The summed E-state index contributed by atoms with van der Waals surface area (Å²) in [5.41, 5.74) is 0. The molecule has 1 aromatic rings. The van der Waals surface area contributed by atoms with E-state index in [0.717, 1.165) is 24.5 Å². The van der Waals surface area contributed by atoms with E-state index in [9.17, 15) is 0 Å². The number of rotatable bonds is 24. The molecule has 3 nitrogen and oxygen atoms in total. The molecule has 0 N–H and O–H groups in total. The molecule has 0 aliphatic heterocycles. The van der Waals surface area contributed by atoms with Crippen LogP contribution in [0.4, 0.5) is 0 Å². The predicted molar refractivity (Wildman–Crippen MR) is 145 cm³/mol. The van der Waals surface area contributed by atoms with Crippen molar-refractivity contribution < 1.29 is 0 Å². The molecule has 0 fully saturated rings. The molecule has 0 aliphatic rings. The molecule has 191 valence electrons. The smallest absolute Gasteiger partial charge is 0.133 e. The summed E-state index contributed by atoms with van der Waals surface area (Å²) < 4.78 is 0. The molecular formula is C30H56N3. The molecule has 1 rings (SSSR count). The van der Waals surface area contributed by atoms with Crippen molar-refractivity contribution in [3.8, 4) is 0 Å². The van der Waals surface area contributed by atoms with E-state index in [4.69, 9.17) is 4.98 Å². The van der Waals surface area contributed by atoms with Gasteiger partial charge in [-0.25, -0.2) is 15.0 Å². The summed E-state index contributed by atoms with van der Waals surface area (Å²) in [5.74, 6) is 2.58. The fraction of sp³-hybridized carbons (Fsp3) is 0.867. The zero-order valence-corrected chi connectivity index (χ0v) is 22.5. The van der Waals surface area contributed by atoms with Gasteiger partial charge in [0.2, 0.25) is 0 Å². The molecule has 0 unspecified atom stereocenters. The second kappa shape index (κ2) is 22.8. The maximum Gasteiger partial charge on any atom is 0.133 e. The van der Waals surface area contributed by atoms with Crippen LogP contribution in [0, 0.1) is 6.92 Å². The molecule has 1 aromatic heterocycles. The van der Waals surface area contributed by atoms with Gasteiger partial charge < -0.3 is 0 Å². The zero-order chi connectivity index (χ0) is 23.8. The summed E-state index contributed by atoms with van der Waals surface area (Å²) >= 11 is 0. The molecule has 0 aromatic carbocycles. The third-order valence-electron chi connectivity index (χ3n) is 6.78. The lowest BCUT2D eigenvalue weighted by molar-refractivity contribution is 0.544. The van der Waals surface area contributed by atoms with E-state index in [1.807, 2.05) is 0 Å². The molecule has 0 atom stereocenters. The maximum absolute atomic E-state index is 4.74. The lowest BCUT2D eigenvalue weighted by atomic mass is 10.0. The number of nitrogens with zero attached hydrogens (tertiary/aromatic N) is 3. The Labute approximate surface area is 207 Å². The molecule has 33 heavy (non-hydrogen) atoms. The summed E-state index contributed by atoms with van der Waals surface area (Å²) in [6.07, 6.45) is 32.1. The Morgan fingerprint density at radius 1 is 0.394 bits per heavy atom. The van der Waals surface area contributed by atoms with Crippen molar-refractivity contribution in [1.29, 1.82) is 0 Å². The van der Waals surface area contributed by atoms with E-state index in [2.05, 4.69) is 30.7 Å². The minimum absolute atomic E-state index is 0.654. The lowest BCUT2D eigenvalue weighted by Gasteiger charge is -2.06. The average Bonchev–Trinajstić information content (AvgIpc) is 2.80. The van der Waals surface area contributed by atoms with Crippen molar-refractivity contribution in [2.24, 2.45) is 0 Å². The van der Waals surface area contributed by atoms with E-state index in [1.54, 1.807) is 0 Å². The highest BCUT2D eigenvalue weighted by Crippen LogP contribution is 2.14. The number of unbranched alkanes of at least 4 members (excludes halogenated alkanes) is 20. The quantitative estimate of drug-likeness (QED) is 0.145. The fourth-order valence-electron chi connectivity index (χ4n) is 4.64. The zero-order valence-electron chi connectivity index (χ0n) is 22.5. The predicted octanol–water partition coefficient (Wildman–Crippen LogP) is 9.76. The molecule has 0 bridgehead atoms. The number of aromatic nitrogens is 3. The van der Waals surface area contributed by atoms with Crippen molar-refractivity contribution in [3.05, 3.63) is 24.4 Å². The van der Waals surface area contributed by atoms with Crippen LogP contribution in [0.1, 0.15) is 173 Å². The Kier molecular flexibility index (Phi) is 20.7. The van der Waals surface area contributed by atoms with E-state index in [-0.39, 0.29) is 0 Å². The van der Waals surface area contributed by atoms with E-state index in [1.165, 1.54) is 141 Å². The van der Waals surface area contributed by atoms with Gasteiger partial charge in [-0.3, -0.25) is 0 Å². The Morgan fingerprint density at radius 3 is 0.970 bits per heavy atom. The second-order valence-corrected chi connectivity index (χ2v) is 10.2. The monoisotopic (exact) mass is 458 g/mol. The fourth-order valence-corrected chi connectivity index (χ4v) is 4.64.